The molecule has 8 heteroatoms. The number of rotatable bonds is 6. The first kappa shape index (κ1) is 22.1. The molecule has 0 saturated heterocycles. The maximum absolute atomic E-state index is 11.3. The lowest BCUT2D eigenvalue weighted by Gasteiger charge is -2.23. The van der Waals surface area contributed by atoms with Gasteiger partial charge in [0.2, 0.25) is 10.0 Å². The monoisotopic (exact) mass is 454 g/mol. The predicted molar refractivity (Wildman–Crippen MR) is 108 cm³/mol. The highest BCUT2D eigenvalue weighted by molar-refractivity contribution is 14.0. The molecule has 4 N–H and O–H groups in total. The van der Waals surface area contributed by atoms with E-state index in [1.54, 1.807) is 13.8 Å². The summed E-state index contributed by atoms with van der Waals surface area (Å²) in [5, 5.41) is 3.02. The van der Waals surface area contributed by atoms with Crippen LogP contribution in [0.15, 0.2) is 29.3 Å². The van der Waals surface area contributed by atoms with Crippen molar-refractivity contribution in [1.29, 1.82) is 0 Å². The van der Waals surface area contributed by atoms with Gasteiger partial charge in [0.1, 0.15) is 0 Å². The molecule has 0 bridgehead atoms. The van der Waals surface area contributed by atoms with E-state index in [4.69, 9.17) is 5.73 Å². The van der Waals surface area contributed by atoms with E-state index in [0.29, 0.717) is 5.92 Å². The Morgan fingerprint density at radius 2 is 1.96 bits per heavy atom. The molecule has 0 fully saturated rings. The molecule has 0 saturated carbocycles. The minimum Gasteiger partial charge on any atom is -0.370 e. The van der Waals surface area contributed by atoms with E-state index in [9.17, 15) is 8.42 Å². The van der Waals surface area contributed by atoms with E-state index < -0.39 is 15.6 Å². The molecule has 132 valence electrons. The van der Waals surface area contributed by atoms with Gasteiger partial charge >= 0.3 is 0 Å². The van der Waals surface area contributed by atoms with Crippen molar-refractivity contribution in [2.24, 2.45) is 10.7 Å². The van der Waals surface area contributed by atoms with E-state index >= 15 is 0 Å². The molecule has 1 aromatic rings. The molecule has 0 aliphatic rings. The molecule has 0 amide bonds. The summed E-state index contributed by atoms with van der Waals surface area (Å²) < 4.78 is 25.1. The van der Waals surface area contributed by atoms with Crippen LogP contribution in [0.4, 0.5) is 5.69 Å². The van der Waals surface area contributed by atoms with Crippen LogP contribution >= 0.6 is 24.0 Å². The third-order valence-electron chi connectivity index (χ3n) is 2.93. The molecule has 0 aliphatic carbocycles. The number of nitrogens with zero attached hydrogens (tertiary/aromatic N) is 1. The minimum atomic E-state index is -3.28. The van der Waals surface area contributed by atoms with E-state index in [-0.39, 0.29) is 36.5 Å². The van der Waals surface area contributed by atoms with Crippen molar-refractivity contribution >= 4 is 45.6 Å². The number of anilines is 1. The molecule has 0 aliphatic heterocycles. The fourth-order valence-corrected chi connectivity index (χ4v) is 3.05. The Balaban J connectivity index is 0.00000484. The van der Waals surface area contributed by atoms with Crippen molar-refractivity contribution in [2.45, 2.75) is 39.2 Å². The van der Waals surface area contributed by atoms with Gasteiger partial charge in [0.15, 0.2) is 5.96 Å². The van der Waals surface area contributed by atoms with E-state index in [0.717, 1.165) is 11.9 Å². The van der Waals surface area contributed by atoms with Crippen LogP contribution < -0.4 is 15.8 Å². The Labute approximate surface area is 156 Å². The maximum Gasteiger partial charge on any atom is 0.209 e. The Bertz CT molecular complexity index is 643. The zero-order chi connectivity index (χ0) is 17.0. The van der Waals surface area contributed by atoms with Crippen molar-refractivity contribution < 1.29 is 8.42 Å². The van der Waals surface area contributed by atoms with Gasteiger partial charge in [0.25, 0.3) is 0 Å². The predicted octanol–water partition coefficient (Wildman–Crippen LogP) is 2.48. The molecule has 6 nitrogen and oxygen atoms in total. The molecule has 1 rings (SSSR count). The summed E-state index contributed by atoms with van der Waals surface area (Å²) >= 11 is 0. The SMILES string of the molecule is CC(C)c1cccc(NC(N)=NCC(C)(C)NS(C)(=O)=O)c1.I. The Morgan fingerprint density at radius 3 is 2.48 bits per heavy atom. The van der Waals surface area contributed by atoms with Crippen molar-refractivity contribution in [2.75, 3.05) is 18.1 Å². The van der Waals surface area contributed by atoms with Crippen LogP contribution in [0.3, 0.4) is 0 Å². The fraction of sp³-hybridized carbons (Fsp3) is 0.533. The number of guanidine groups is 1. The summed E-state index contributed by atoms with van der Waals surface area (Å²) in [5.41, 5.74) is 7.24. The lowest BCUT2D eigenvalue weighted by molar-refractivity contribution is 0.466. The lowest BCUT2D eigenvalue weighted by atomic mass is 10.0. The molecule has 23 heavy (non-hydrogen) atoms. The van der Waals surface area contributed by atoms with Gasteiger partial charge in [-0.25, -0.2) is 13.1 Å². The van der Waals surface area contributed by atoms with Gasteiger partial charge in [-0.3, -0.25) is 4.99 Å². The van der Waals surface area contributed by atoms with Crippen LogP contribution in [0.1, 0.15) is 39.2 Å². The van der Waals surface area contributed by atoms with Crippen LogP contribution in [0.2, 0.25) is 0 Å². The van der Waals surface area contributed by atoms with Gasteiger partial charge in [0.05, 0.1) is 12.8 Å². The summed E-state index contributed by atoms with van der Waals surface area (Å²) in [6.07, 6.45) is 1.12. The Hall–Kier alpha value is -0.870. The first-order valence-electron chi connectivity index (χ1n) is 7.14. The van der Waals surface area contributed by atoms with Gasteiger partial charge in [0, 0.05) is 11.2 Å². The zero-order valence-corrected chi connectivity index (χ0v) is 17.4. The van der Waals surface area contributed by atoms with E-state index in [1.807, 2.05) is 18.2 Å². The van der Waals surface area contributed by atoms with Gasteiger partial charge in [-0.05, 0) is 37.5 Å². The van der Waals surface area contributed by atoms with Crippen LogP contribution in [-0.2, 0) is 10.0 Å². The first-order chi connectivity index (χ1) is 9.98. The second-order valence-electron chi connectivity index (χ2n) is 6.36. The number of benzene rings is 1. The van der Waals surface area contributed by atoms with Crippen LogP contribution in [0.5, 0.6) is 0 Å². The Morgan fingerprint density at radius 1 is 1.35 bits per heavy atom. The van der Waals surface area contributed by atoms with Crippen LogP contribution in [0.25, 0.3) is 0 Å². The largest absolute Gasteiger partial charge is 0.370 e. The average molecular weight is 454 g/mol. The number of halogens is 1. The van der Waals surface area contributed by atoms with Gasteiger partial charge in [-0.1, -0.05) is 26.0 Å². The summed E-state index contributed by atoms with van der Waals surface area (Å²) in [5.74, 6) is 0.682. The summed E-state index contributed by atoms with van der Waals surface area (Å²) in [4.78, 5) is 4.21. The minimum absolute atomic E-state index is 0. The van der Waals surface area contributed by atoms with Gasteiger partial charge < -0.3 is 11.1 Å². The van der Waals surface area contributed by atoms with Crippen molar-refractivity contribution in [3.8, 4) is 0 Å². The van der Waals surface area contributed by atoms with Crippen molar-refractivity contribution in [3.05, 3.63) is 29.8 Å². The number of aliphatic imine (C=N–C) groups is 1. The summed E-state index contributed by atoms with van der Waals surface area (Å²) in [7, 11) is -3.28. The van der Waals surface area contributed by atoms with Gasteiger partial charge in [-0.15, -0.1) is 24.0 Å². The summed E-state index contributed by atoms with van der Waals surface area (Å²) in [6, 6.07) is 7.95. The highest BCUT2D eigenvalue weighted by Gasteiger charge is 2.21. The Kier molecular flexibility index (Phi) is 8.50. The quantitative estimate of drug-likeness (QED) is 0.350. The standard InChI is InChI=1S/C15H26N4O2S.HI/c1-11(2)12-7-6-8-13(9-12)18-14(16)17-10-15(3,4)19-22(5,20)21;/h6-9,11,19H,10H2,1-5H3,(H3,16,17,18);1H. The molecule has 0 heterocycles. The van der Waals surface area contributed by atoms with E-state index in [2.05, 4.69) is 34.9 Å². The van der Waals surface area contributed by atoms with Crippen LogP contribution in [0, 0.1) is 0 Å². The highest BCUT2D eigenvalue weighted by atomic mass is 127. The molecule has 0 unspecified atom stereocenters. The third kappa shape index (κ3) is 9.11. The molecular weight excluding hydrogens is 427 g/mol. The van der Waals surface area contributed by atoms with Crippen LogP contribution in [-0.4, -0.2) is 32.7 Å². The number of nitrogens with one attached hydrogen (secondary N) is 2. The maximum atomic E-state index is 11.3. The zero-order valence-electron chi connectivity index (χ0n) is 14.3. The van der Waals surface area contributed by atoms with E-state index in [1.165, 1.54) is 5.56 Å². The molecule has 0 aromatic heterocycles. The first-order valence-corrected chi connectivity index (χ1v) is 9.03. The number of hydrogen-bond donors (Lipinski definition) is 3. The molecular formula is C15H27IN4O2S. The number of hydrogen-bond acceptors (Lipinski definition) is 3. The normalized spacial score (nSPS) is 12.9. The van der Waals surface area contributed by atoms with Crippen molar-refractivity contribution in [1.82, 2.24) is 4.72 Å². The summed E-state index contributed by atoms with van der Waals surface area (Å²) in [6.45, 7) is 7.99. The fourth-order valence-electron chi connectivity index (χ4n) is 1.98. The van der Waals surface area contributed by atoms with Gasteiger partial charge in [-0.2, -0.15) is 0 Å². The molecule has 0 radical (unpaired) electrons. The molecule has 0 spiro atoms. The third-order valence-corrected chi connectivity index (χ3v) is 3.86. The average Bonchev–Trinajstić information content (AvgIpc) is 2.34. The smallest absolute Gasteiger partial charge is 0.209 e. The topological polar surface area (TPSA) is 96.6 Å². The number of nitrogens with two attached hydrogens (primary N) is 1. The molecule has 0 atom stereocenters. The highest BCUT2D eigenvalue weighted by Crippen LogP contribution is 2.18. The second kappa shape index (κ2) is 8.84. The number of sulfonamides is 1. The second-order valence-corrected chi connectivity index (χ2v) is 8.11. The molecule has 1 aromatic carbocycles. The van der Waals surface area contributed by atoms with Crippen molar-refractivity contribution in [3.63, 3.8) is 0 Å². The lowest BCUT2D eigenvalue weighted by Crippen LogP contribution is -2.45.